The molecule has 0 bridgehead atoms. The maximum absolute atomic E-state index is 12.6. The van der Waals surface area contributed by atoms with Gasteiger partial charge in [0.05, 0.1) is 22.4 Å². The zero-order valence-electron chi connectivity index (χ0n) is 14.1. The molecule has 0 radical (unpaired) electrons. The van der Waals surface area contributed by atoms with Crippen LogP contribution < -0.4 is 10.3 Å². The number of thioether (sulfide) groups is 1. The molecule has 0 aliphatic carbocycles. The first-order valence-electron chi connectivity index (χ1n) is 8.10. The highest BCUT2D eigenvalue weighted by Crippen LogP contribution is 2.26. The summed E-state index contributed by atoms with van der Waals surface area (Å²) in [6.45, 7) is 2.68. The first kappa shape index (κ1) is 17.9. The van der Waals surface area contributed by atoms with E-state index in [9.17, 15) is 14.9 Å². The highest BCUT2D eigenvalue weighted by atomic mass is 32.2. The molecule has 26 heavy (non-hydrogen) atoms. The Morgan fingerprint density at radius 2 is 1.92 bits per heavy atom. The molecule has 7 nitrogen and oxygen atoms in total. The first-order valence-corrected chi connectivity index (χ1v) is 9.09. The lowest BCUT2D eigenvalue weighted by Crippen LogP contribution is -2.22. The van der Waals surface area contributed by atoms with Gasteiger partial charge in [0.15, 0.2) is 10.9 Å². The zero-order chi connectivity index (χ0) is 18.5. The van der Waals surface area contributed by atoms with E-state index >= 15 is 0 Å². The normalized spacial score (nSPS) is 10.8. The molecule has 134 valence electrons. The van der Waals surface area contributed by atoms with Crippen molar-refractivity contribution < 1.29 is 9.66 Å². The Morgan fingerprint density at radius 3 is 2.69 bits per heavy atom. The maximum atomic E-state index is 12.6. The highest BCUT2D eigenvalue weighted by Gasteiger charge is 2.14. The number of para-hydroxylation sites is 3. The fourth-order valence-electron chi connectivity index (χ4n) is 2.55. The number of benzene rings is 2. The fraction of sp³-hybridized carbons (Fsp3) is 0.222. The standard InChI is InChI=1S/C18H17N3O4S/c1-2-20-17(22)13-7-3-4-8-14(13)19-18(20)26-12-11-25-16-10-6-5-9-15(16)21(23)24/h3-10H,2,11-12H2,1H3. The van der Waals surface area contributed by atoms with Crippen LogP contribution in [0, 0.1) is 10.1 Å². The molecule has 0 fully saturated rings. The average molecular weight is 371 g/mol. The molecule has 0 saturated heterocycles. The molecular weight excluding hydrogens is 354 g/mol. The second-order valence-electron chi connectivity index (χ2n) is 5.38. The molecule has 3 rings (SSSR count). The molecule has 0 atom stereocenters. The molecule has 0 aliphatic heterocycles. The number of hydrogen-bond acceptors (Lipinski definition) is 6. The first-order chi connectivity index (χ1) is 12.6. The van der Waals surface area contributed by atoms with E-state index in [1.807, 2.05) is 25.1 Å². The summed E-state index contributed by atoms with van der Waals surface area (Å²) in [6, 6.07) is 13.5. The number of nitrogens with zero attached hydrogens (tertiary/aromatic N) is 3. The summed E-state index contributed by atoms with van der Waals surface area (Å²) in [5.41, 5.74) is 0.524. The topological polar surface area (TPSA) is 87.3 Å². The van der Waals surface area contributed by atoms with Crippen LogP contribution >= 0.6 is 11.8 Å². The maximum Gasteiger partial charge on any atom is 0.310 e. The summed E-state index contributed by atoms with van der Waals surface area (Å²) in [6.07, 6.45) is 0. The van der Waals surface area contributed by atoms with Crippen molar-refractivity contribution in [3.8, 4) is 5.75 Å². The average Bonchev–Trinajstić information content (AvgIpc) is 2.65. The van der Waals surface area contributed by atoms with Crippen molar-refractivity contribution in [1.82, 2.24) is 9.55 Å². The molecule has 0 spiro atoms. The van der Waals surface area contributed by atoms with Gasteiger partial charge in [-0.15, -0.1) is 0 Å². The number of nitro benzene ring substituents is 1. The van der Waals surface area contributed by atoms with Gasteiger partial charge in [0.25, 0.3) is 5.56 Å². The molecule has 3 aromatic rings. The molecule has 0 unspecified atom stereocenters. The third kappa shape index (κ3) is 3.70. The van der Waals surface area contributed by atoms with E-state index in [1.54, 1.807) is 28.8 Å². The lowest BCUT2D eigenvalue weighted by atomic mass is 10.2. The van der Waals surface area contributed by atoms with Crippen LogP contribution in [-0.2, 0) is 6.54 Å². The largest absolute Gasteiger partial charge is 0.486 e. The predicted octanol–water partition coefficient (Wildman–Crippen LogP) is 3.50. The summed E-state index contributed by atoms with van der Waals surface area (Å²) < 4.78 is 7.16. The smallest absolute Gasteiger partial charge is 0.310 e. The lowest BCUT2D eigenvalue weighted by molar-refractivity contribution is -0.385. The number of rotatable bonds is 7. The van der Waals surface area contributed by atoms with E-state index in [2.05, 4.69) is 4.98 Å². The van der Waals surface area contributed by atoms with Crippen LogP contribution in [0.4, 0.5) is 5.69 Å². The van der Waals surface area contributed by atoms with Gasteiger partial charge in [-0.2, -0.15) is 0 Å². The van der Waals surface area contributed by atoms with Crippen LogP contribution in [0.5, 0.6) is 5.75 Å². The predicted molar refractivity (Wildman–Crippen MR) is 101 cm³/mol. The van der Waals surface area contributed by atoms with Crippen molar-refractivity contribution in [3.63, 3.8) is 0 Å². The highest BCUT2D eigenvalue weighted by molar-refractivity contribution is 7.99. The van der Waals surface area contributed by atoms with Gasteiger partial charge in [0.2, 0.25) is 0 Å². The number of hydrogen-bond donors (Lipinski definition) is 0. The minimum atomic E-state index is -0.470. The Kier molecular flexibility index (Phi) is 5.52. The number of ether oxygens (including phenoxy) is 1. The van der Waals surface area contributed by atoms with Crippen LogP contribution in [0.25, 0.3) is 10.9 Å². The molecule has 2 aromatic carbocycles. The molecule has 8 heteroatoms. The molecule has 0 amide bonds. The summed E-state index contributed by atoms with van der Waals surface area (Å²) in [5, 5.41) is 12.2. The van der Waals surface area contributed by atoms with Crippen molar-refractivity contribution >= 4 is 28.4 Å². The van der Waals surface area contributed by atoms with E-state index in [1.165, 1.54) is 17.8 Å². The number of nitro groups is 1. The number of fused-ring (bicyclic) bond motifs is 1. The van der Waals surface area contributed by atoms with Crippen LogP contribution in [0.1, 0.15) is 6.92 Å². The van der Waals surface area contributed by atoms with E-state index in [-0.39, 0.29) is 23.6 Å². The molecule has 0 N–H and O–H groups in total. The monoisotopic (exact) mass is 371 g/mol. The molecule has 0 aliphatic rings. The fourth-order valence-corrected chi connectivity index (χ4v) is 3.43. The molecular formula is C18H17N3O4S. The Balaban J connectivity index is 1.73. The van der Waals surface area contributed by atoms with Crippen molar-refractivity contribution in [1.29, 1.82) is 0 Å². The van der Waals surface area contributed by atoms with Gasteiger partial charge in [0.1, 0.15) is 0 Å². The SMILES string of the molecule is CCn1c(SCCOc2ccccc2[N+](=O)[O-])nc2ccccc2c1=O. The molecule has 1 heterocycles. The van der Waals surface area contributed by atoms with Crippen molar-refractivity contribution in [2.24, 2.45) is 0 Å². The third-order valence-corrected chi connectivity index (χ3v) is 4.72. The molecule has 0 saturated carbocycles. The summed E-state index contributed by atoms with van der Waals surface area (Å²) in [5.74, 6) is 0.744. The van der Waals surface area contributed by atoms with Gasteiger partial charge < -0.3 is 4.74 Å². The summed E-state index contributed by atoms with van der Waals surface area (Å²) >= 11 is 1.39. The van der Waals surface area contributed by atoms with E-state index in [0.29, 0.717) is 28.4 Å². The minimum absolute atomic E-state index is 0.0632. The lowest BCUT2D eigenvalue weighted by Gasteiger charge is -2.11. The van der Waals surface area contributed by atoms with Crippen molar-refractivity contribution in [3.05, 3.63) is 69.0 Å². The van der Waals surface area contributed by atoms with Gasteiger partial charge in [0, 0.05) is 18.4 Å². The van der Waals surface area contributed by atoms with E-state index < -0.39 is 4.92 Å². The minimum Gasteiger partial charge on any atom is -0.486 e. The Morgan fingerprint density at radius 1 is 1.19 bits per heavy atom. The van der Waals surface area contributed by atoms with Gasteiger partial charge in [-0.3, -0.25) is 19.5 Å². The van der Waals surface area contributed by atoms with Crippen LogP contribution in [0.2, 0.25) is 0 Å². The van der Waals surface area contributed by atoms with Gasteiger partial charge in [-0.25, -0.2) is 4.98 Å². The summed E-state index contributed by atoms with van der Waals surface area (Å²) in [7, 11) is 0. The van der Waals surface area contributed by atoms with Gasteiger partial charge >= 0.3 is 5.69 Å². The Bertz CT molecular complexity index is 1000. The second-order valence-corrected chi connectivity index (χ2v) is 6.44. The molecule has 1 aromatic heterocycles. The van der Waals surface area contributed by atoms with Crippen LogP contribution in [0.3, 0.4) is 0 Å². The van der Waals surface area contributed by atoms with Crippen LogP contribution in [0.15, 0.2) is 58.5 Å². The van der Waals surface area contributed by atoms with E-state index in [0.717, 1.165) is 0 Å². The Hall–Kier alpha value is -2.87. The van der Waals surface area contributed by atoms with Crippen LogP contribution in [-0.4, -0.2) is 26.8 Å². The van der Waals surface area contributed by atoms with Gasteiger partial charge in [-0.05, 0) is 25.1 Å². The van der Waals surface area contributed by atoms with Crippen molar-refractivity contribution in [2.75, 3.05) is 12.4 Å². The number of aromatic nitrogens is 2. The third-order valence-electron chi connectivity index (χ3n) is 3.78. The summed E-state index contributed by atoms with van der Waals surface area (Å²) in [4.78, 5) is 27.6. The van der Waals surface area contributed by atoms with E-state index in [4.69, 9.17) is 4.74 Å². The quantitative estimate of drug-likeness (QED) is 0.208. The van der Waals surface area contributed by atoms with Crippen molar-refractivity contribution in [2.45, 2.75) is 18.6 Å². The zero-order valence-corrected chi connectivity index (χ0v) is 14.9. The van der Waals surface area contributed by atoms with Gasteiger partial charge in [-0.1, -0.05) is 36.0 Å². The second kappa shape index (κ2) is 8.01. The Labute approximate surface area is 153 Å².